The lowest BCUT2D eigenvalue weighted by Gasteiger charge is -2.32. The molecule has 11 nitrogen and oxygen atoms in total. The van der Waals surface area contributed by atoms with E-state index in [2.05, 4.69) is 51.2 Å². The van der Waals surface area contributed by atoms with Gasteiger partial charge in [0.1, 0.15) is 17.7 Å². The van der Waals surface area contributed by atoms with Crippen LogP contribution in [0.25, 0.3) is 16.8 Å². The molecule has 12 heteroatoms. The van der Waals surface area contributed by atoms with Crippen molar-refractivity contribution in [1.82, 2.24) is 25.2 Å². The van der Waals surface area contributed by atoms with Gasteiger partial charge >= 0.3 is 0 Å². The first-order chi connectivity index (χ1) is 23.7. The molecule has 1 aromatic heterocycles. The van der Waals surface area contributed by atoms with Gasteiger partial charge in [0.05, 0.1) is 17.8 Å². The Labute approximate surface area is 288 Å². The van der Waals surface area contributed by atoms with Crippen molar-refractivity contribution < 1.29 is 27.5 Å². The number of carbonyl (C=O) groups is 3. The average Bonchev–Trinajstić information content (AvgIpc) is 3.96. The SMILES string of the molecule is C=C[C@@H]1C[C@]1(NC(=O)[C@@H]1C[C@@H]2CN1C(=O)[C@H](C1CCCC1)NCCCCCC=Cc1ccc3ccnc(c3c1)O2)C(=O)NS(=O)(=O)C1CC1. The second kappa shape index (κ2) is 13.9. The second-order valence-electron chi connectivity index (χ2n) is 14.5. The van der Waals surface area contributed by atoms with E-state index in [-0.39, 0.29) is 31.2 Å². The zero-order valence-corrected chi connectivity index (χ0v) is 28.8. The van der Waals surface area contributed by atoms with Crippen LogP contribution >= 0.6 is 0 Å². The average molecular weight is 690 g/mol. The summed E-state index contributed by atoms with van der Waals surface area (Å²) < 4.78 is 34.1. The smallest absolute Gasteiger partial charge is 0.259 e. The number of rotatable bonds is 7. The molecule has 0 spiro atoms. The number of ether oxygens (including phenoxy) is 1. The summed E-state index contributed by atoms with van der Waals surface area (Å²) >= 11 is 0. The quantitative estimate of drug-likeness (QED) is 0.370. The summed E-state index contributed by atoms with van der Waals surface area (Å²) in [6.07, 6.45) is 16.5. The molecule has 3 N–H and O–H groups in total. The molecule has 0 radical (unpaired) electrons. The van der Waals surface area contributed by atoms with Crippen LogP contribution in [0.2, 0.25) is 0 Å². The number of nitrogens with zero attached hydrogens (tertiary/aromatic N) is 2. The molecule has 3 aliphatic carbocycles. The molecular formula is C37H47N5O6S. The van der Waals surface area contributed by atoms with Crippen molar-refractivity contribution in [3.05, 3.63) is 54.8 Å². The summed E-state index contributed by atoms with van der Waals surface area (Å²) in [5, 5.41) is 7.72. The first-order valence-electron chi connectivity index (χ1n) is 17.9. The highest BCUT2D eigenvalue weighted by atomic mass is 32.2. The zero-order chi connectivity index (χ0) is 34.2. The molecule has 2 aromatic rings. The molecule has 3 heterocycles. The number of sulfonamides is 1. The number of aromatic nitrogens is 1. The van der Waals surface area contributed by atoms with Gasteiger partial charge in [-0.15, -0.1) is 6.58 Å². The maximum Gasteiger partial charge on any atom is 0.259 e. The molecule has 0 unspecified atom stereocenters. The third-order valence-corrected chi connectivity index (χ3v) is 12.8. The fourth-order valence-electron chi connectivity index (χ4n) is 7.87. The zero-order valence-electron chi connectivity index (χ0n) is 27.9. The van der Waals surface area contributed by atoms with Crippen molar-refractivity contribution in [3.63, 3.8) is 0 Å². The lowest BCUT2D eigenvalue weighted by atomic mass is 9.96. The van der Waals surface area contributed by atoms with Gasteiger partial charge < -0.3 is 20.3 Å². The van der Waals surface area contributed by atoms with Crippen LogP contribution in [0.3, 0.4) is 0 Å². The molecule has 2 aliphatic heterocycles. The standard InChI is InChI=1S/C37H47N5O6S/c1-2-27-22-37(27,36(45)41-49(46,47)29-15-16-29)40-33(43)31-21-28-23-42(31)35(44)32(26-11-7-8-12-26)38-18-9-5-3-4-6-10-24-13-14-25-17-19-39-34(48-28)30(25)20-24/h2,6,10,13-14,17,19-20,26-29,31-32,38H,1,3-5,7-9,11-12,15-16,18,21-23H2,(H,40,43)(H,41,45)/t27-,28-,31+,32+,37-/m1/s1. The third kappa shape index (κ3) is 7.12. The van der Waals surface area contributed by atoms with Gasteiger partial charge in [0.2, 0.25) is 27.7 Å². The molecule has 5 atom stereocenters. The van der Waals surface area contributed by atoms with Crippen LogP contribution in [0, 0.1) is 11.8 Å². The van der Waals surface area contributed by atoms with E-state index in [4.69, 9.17) is 4.74 Å². The largest absolute Gasteiger partial charge is 0.472 e. The first-order valence-corrected chi connectivity index (χ1v) is 19.5. The van der Waals surface area contributed by atoms with Crippen LogP contribution < -0.4 is 20.1 Å². The Balaban J connectivity index is 1.19. The molecule has 262 valence electrons. The predicted molar refractivity (Wildman–Crippen MR) is 187 cm³/mol. The van der Waals surface area contributed by atoms with Crippen LogP contribution in [0.15, 0.2) is 49.2 Å². The maximum absolute atomic E-state index is 14.6. The summed E-state index contributed by atoms with van der Waals surface area (Å²) in [6.45, 7) is 4.70. The molecule has 4 fully saturated rings. The van der Waals surface area contributed by atoms with E-state index in [0.717, 1.165) is 67.7 Å². The van der Waals surface area contributed by atoms with E-state index in [9.17, 15) is 22.8 Å². The molecule has 7 rings (SSSR count). The number of nitrogens with one attached hydrogen (secondary N) is 3. The first kappa shape index (κ1) is 33.7. The Kier molecular flexibility index (Phi) is 9.54. The highest BCUT2D eigenvalue weighted by Gasteiger charge is 2.62. The molecular weight excluding hydrogens is 643 g/mol. The van der Waals surface area contributed by atoms with Gasteiger partial charge in [-0.25, -0.2) is 13.4 Å². The Bertz CT molecular complexity index is 1750. The van der Waals surface area contributed by atoms with Crippen molar-refractivity contribution in [2.75, 3.05) is 13.1 Å². The van der Waals surface area contributed by atoms with E-state index in [1.54, 1.807) is 17.2 Å². The molecule has 5 aliphatic rings. The number of fused-ring (bicyclic) bond motifs is 3. The fourth-order valence-corrected chi connectivity index (χ4v) is 9.24. The van der Waals surface area contributed by atoms with Crippen LogP contribution in [-0.2, 0) is 24.4 Å². The normalized spacial score (nSPS) is 29.6. The topological polar surface area (TPSA) is 147 Å². The Morgan fingerprint density at radius 2 is 1.90 bits per heavy atom. The second-order valence-corrected chi connectivity index (χ2v) is 16.4. The van der Waals surface area contributed by atoms with Crippen LogP contribution in [-0.4, -0.2) is 78.1 Å². The van der Waals surface area contributed by atoms with Crippen molar-refractivity contribution in [1.29, 1.82) is 0 Å². The minimum atomic E-state index is -3.83. The van der Waals surface area contributed by atoms with Gasteiger partial charge in [-0.3, -0.25) is 19.1 Å². The molecule has 49 heavy (non-hydrogen) atoms. The van der Waals surface area contributed by atoms with Crippen molar-refractivity contribution in [2.24, 2.45) is 11.8 Å². The van der Waals surface area contributed by atoms with Gasteiger partial charge in [-0.1, -0.05) is 49.6 Å². The summed E-state index contributed by atoms with van der Waals surface area (Å²) in [6, 6.07) is 6.74. The number of hydrogen-bond acceptors (Lipinski definition) is 8. The lowest BCUT2D eigenvalue weighted by molar-refractivity contribution is -0.142. The lowest BCUT2D eigenvalue weighted by Crippen LogP contribution is -2.58. The van der Waals surface area contributed by atoms with Gasteiger partial charge in [0.25, 0.3) is 5.91 Å². The Hall–Kier alpha value is -3.77. The van der Waals surface area contributed by atoms with E-state index in [0.29, 0.717) is 25.3 Å². The fraction of sp³-hybridized carbons (Fsp3) is 0.568. The van der Waals surface area contributed by atoms with Crippen LogP contribution in [0.1, 0.15) is 82.6 Å². The molecule has 1 aromatic carbocycles. The number of allylic oxidation sites excluding steroid dienone is 1. The van der Waals surface area contributed by atoms with Gasteiger partial charge in [-0.05, 0) is 86.9 Å². The van der Waals surface area contributed by atoms with Gasteiger partial charge in [0.15, 0.2) is 0 Å². The monoisotopic (exact) mass is 689 g/mol. The van der Waals surface area contributed by atoms with Crippen LogP contribution in [0.4, 0.5) is 0 Å². The highest BCUT2D eigenvalue weighted by Crippen LogP contribution is 2.45. The van der Waals surface area contributed by atoms with Crippen molar-refractivity contribution in [3.8, 4) is 5.88 Å². The number of hydrogen-bond donors (Lipinski definition) is 3. The Morgan fingerprint density at radius 3 is 2.65 bits per heavy atom. The molecule has 1 saturated heterocycles. The Morgan fingerprint density at radius 1 is 1.08 bits per heavy atom. The summed E-state index contributed by atoms with van der Waals surface area (Å²) in [7, 11) is -3.83. The predicted octanol–water partition coefficient (Wildman–Crippen LogP) is 3.99. The minimum absolute atomic E-state index is 0.138. The number of carbonyl (C=O) groups excluding carboxylic acids is 3. The van der Waals surface area contributed by atoms with Crippen LogP contribution in [0.5, 0.6) is 5.88 Å². The third-order valence-electron chi connectivity index (χ3n) is 11.0. The summed E-state index contributed by atoms with van der Waals surface area (Å²) in [5.41, 5.74) is -0.396. The van der Waals surface area contributed by atoms with E-state index < -0.39 is 56.7 Å². The van der Waals surface area contributed by atoms with E-state index in [1.807, 2.05) is 12.1 Å². The van der Waals surface area contributed by atoms with Crippen molar-refractivity contribution in [2.45, 2.75) is 106 Å². The minimum Gasteiger partial charge on any atom is -0.472 e. The number of amides is 3. The maximum atomic E-state index is 14.6. The van der Waals surface area contributed by atoms with E-state index in [1.165, 1.54) is 0 Å². The number of pyridine rings is 1. The molecule has 3 amide bonds. The van der Waals surface area contributed by atoms with Gasteiger partial charge in [0, 0.05) is 23.9 Å². The van der Waals surface area contributed by atoms with E-state index >= 15 is 0 Å². The molecule has 4 bridgehead atoms. The highest BCUT2D eigenvalue weighted by molar-refractivity contribution is 7.91. The summed E-state index contributed by atoms with van der Waals surface area (Å²) in [4.78, 5) is 48.5. The van der Waals surface area contributed by atoms with Gasteiger partial charge in [-0.2, -0.15) is 0 Å². The van der Waals surface area contributed by atoms with Crippen molar-refractivity contribution >= 4 is 44.6 Å². The molecule has 3 saturated carbocycles. The number of benzene rings is 1. The summed E-state index contributed by atoms with van der Waals surface area (Å²) in [5.74, 6) is -1.22.